The van der Waals surface area contributed by atoms with E-state index >= 15 is 0 Å². The molecule has 1 heterocycles. The van der Waals surface area contributed by atoms with Crippen molar-refractivity contribution in [2.75, 3.05) is 0 Å². The van der Waals surface area contributed by atoms with Crippen molar-refractivity contribution in [1.82, 2.24) is 4.57 Å². The molecule has 184 valence electrons. The van der Waals surface area contributed by atoms with E-state index in [4.69, 9.17) is 0 Å². The molecule has 39 heavy (non-hydrogen) atoms. The van der Waals surface area contributed by atoms with Gasteiger partial charge in [0.15, 0.2) is 0 Å². The van der Waals surface area contributed by atoms with Crippen molar-refractivity contribution in [3.63, 3.8) is 0 Å². The van der Waals surface area contributed by atoms with Gasteiger partial charge in [0.25, 0.3) is 5.56 Å². The first-order valence-corrected chi connectivity index (χ1v) is 13.2. The van der Waals surface area contributed by atoms with Gasteiger partial charge >= 0.3 is 0 Å². The molecule has 0 aliphatic carbocycles. The number of rotatable bonds is 4. The van der Waals surface area contributed by atoms with Crippen LogP contribution >= 0.6 is 0 Å². The van der Waals surface area contributed by atoms with Gasteiger partial charge in [-0.2, -0.15) is 0 Å². The third-order valence-electron chi connectivity index (χ3n) is 7.38. The first kappa shape index (κ1) is 22.9. The molecule has 0 fully saturated rings. The molecule has 2 heteroatoms. The normalized spacial score (nSPS) is 11.2. The van der Waals surface area contributed by atoms with E-state index < -0.39 is 0 Å². The average Bonchev–Trinajstić information content (AvgIpc) is 3.02. The lowest BCUT2D eigenvalue weighted by atomic mass is 9.93. The molecule has 0 radical (unpaired) electrons. The summed E-state index contributed by atoms with van der Waals surface area (Å²) in [4.78, 5) is 13.8. The van der Waals surface area contributed by atoms with Crippen LogP contribution in [-0.2, 0) is 0 Å². The van der Waals surface area contributed by atoms with Crippen LogP contribution in [0.4, 0.5) is 0 Å². The monoisotopic (exact) mass is 499 g/mol. The lowest BCUT2D eigenvalue weighted by Gasteiger charge is -2.15. The number of benzene rings is 6. The van der Waals surface area contributed by atoms with Crippen molar-refractivity contribution in [3.8, 4) is 39.1 Å². The van der Waals surface area contributed by atoms with E-state index in [2.05, 4.69) is 84.9 Å². The van der Waals surface area contributed by atoms with Crippen LogP contribution < -0.4 is 5.56 Å². The van der Waals surface area contributed by atoms with Crippen LogP contribution in [0.2, 0.25) is 0 Å². The van der Waals surface area contributed by atoms with Crippen LogP contribution in [-0.4, -0.2) is 4.57 Å². The molecule has 0 bridgehead atoms. The maximum Gasteiger partial charge on any atom is 0.263 e. The number of hydrogen-bond acceptors (Lipinski definition) is 1. The van der Waals surface area contributed by atoms with Gasteiger partial charge < -0.3 is 0 Å². The molecule has 0 aliphatic rings. The third-order valence-corrected chi connectivity index (χ3v) is 7.38. The van der Waals surface area contributed by atoms with Crippen LogP contribution in [0.1, 0.15) is 0 Å². The quantitative estimate of drug-likeness (QED) is 0.221. The molecule has 0 saturated carbocycles. The minimum Gasteiger partial charge on any atom is -0.276 e. The Labute approximate surface area is 227 Å². The van der Waals surface area contributed by atoms with Gasteiger partial charge in [-0.15, -0.1) is 0 Å². The summed E-state index contributed by atoms with van der Waals surface area (Å²) in [7, 11) is 0. The van der Waals surface area contributed by atoms with Crippen LogP contribution in [0, 0.1) is 0 Å². The van der Waals surface area contributed by atoms with E-state index in [1.807, 2.05) is 71.3 Å². The van der Waals surface area contributed by atoms with Crippen molar-refractivity contribution >= 4 is 21.7 Å². The maximum atomic E-state index is 13.8. The van der Waals surface area contributed by atoms with Crippen molar-refractivity contribution < 1.29 is 0 Å². The molecule has 0 saturated heterocycles. The van der Waals surface area contributed by atoms with Gasteiger partial charge in [0.05, 0.1) is 5.52 Å². The Balaban J connectivity index is 1.45. The van der Waals surface area contributed by atoms with E-state index in [-0.39, 0.29) is 5.56 Å². The van der Waals surface area contributed by atoms with E-state index in [9.17, 15) is 4.79 Å². The van der Waals surface area contributed by atoms with Crippen LogP contribution in [0.5, 0.6) is 0 Å². The zero-order valence-corrected chi connectivity index (χ0v) is 21.3. The highest BCUT2D eigenvalue weighted by molar-refractivity contribution is 6.06. The Morgan fingerprint density at radius 1 is 0.359 bits per heavy atom. The minimum atomic E-state index is -0.00976. The second-order valence-corrected chi connectivity index (χ2v) is 9.78. The highest BCUT2D eigenvalue weighted by atomic mass is 16.1. The van der Waals surface area contributed by atoms with Crippen LogP contribution in [0.25, 0.3) is 60.7 Å². The van der Waals surface area contributed by atoms with Crippen molar-refractivity contribution in [2.24, 2.45) is 0 Å². The average molecular weight is 500 g/mol. The Bertz CT molecular complexity index is 1960. The molecule has 0 unspecified atom stereocenters. The molecule has 2 nitrogen and oxygen atoms in total. The molecular formula is C37H25NO. The smallest absolute Gasteiger partial charge is 0.263 e. The molecular weight excluding hydrogens is 474 g/mol. The molecule has 0 N–H and O–H groups in total. The highest BCUT2D eigenvalue weighted by Gasteiger charge is 2.13. The largest absolute Gasteiger partial charge is 0.276 e. The fourth-order valence-electron chi connectivity index (χ4n) is 5.50. The number of hydrogen-bond donors (Lipinski definition) is 0. The van der Waals surface area contributed by atoms with Gasteiger partial charge in [0, 0.05) is 16.5 Å². The fourth-order valence-corrected chi connectivity index (χ4v) is 5.50. The van der Waals surface area contributed by atoms with Crippen LogP contribution in [0.3, 0.4) is 0 Å². The van der Waals surface area contributed by atoms with E-state index in [0.717, 1.165) is 49.6 Å². The van der Waals surface area contributed by atoms with Gasteiger partial charge in [-0.1, -0.05) is 109 Å². The number of aromatic nitrogens is 1. The van der Waals surface area contributed by atoms with Gasteiger partial charge in [0.2, 0.25) is 0 Å². The Kier molecular flexibility index (Phi) is 5.64. The summed E-state index contributed by atoms with van der Waals surface area (Å²) in [6.45, 7) is 0. The predicted molar refractivity (Wildman–Crippen MR) is 163 cm³/mol. The van der Waals surface area contributed by atoms with Gasteiger partial charge in [0.1, 0.15) is 0 Å². The second-order valence-electron chi connectivity index (χ2n) is 9.78. The molecule has 0 spiro atoms. The molecule has 7 aromatic rings. The summed E-state index contributed by atoms with van der Waals surface area (Å²) in [5.41, 5.74) is 8.57. The van der Waals surface area contributed by atoms with Crippen molar-refractivity contribution in [3.05, 3.63) is 162 Å². The zero-order chi connectivity index (χ0) is 26.2. The first-order chi connectivity index (χ1) is 19.3. The molecule has 6 aromatic carbocycles. The number of pyridine rings is 1. The topological polar surface area (TPSA) is 22.0 Å². The Morgan fingerprint density at radius 2 is 0.846 bits per heavy atom. The molecule has 0 atom stereocenters. The summed E-state index contributed by atoms with van der Waals surface area (Å²) in [6.07, 6.45) is 0. The third kappa shape index (κ3) is 4.13. The van der Waals surface area contributed by atoms with E-state index in [1.54, 1.807) is 0 Å². The lowest BCUT2D eigenvalue weighted by molar-refractivity contribution is 1.06. The SMILES string of the molecule is O=c1c2ccccc2c2ccccc2n1-c1cccc(-c2cc(-c3ccccc3)cc(-c3ccccc3)c2)c1. The highest BCUT2D eigenvalue weighted by Crippen LogP contribution is 2.34. The maximum absolute atomic E-state index is 13.8. The molecule has 0 aliphatic heterocycles. The summed E-state index contributed by atoms with van der Waals surface area (Å²) in [6, 6.07) is 52.0. The van der Waals surface area contributed by atoms with E-state index in [0.29, 0.717) is 0 Å². The fraction of sp³-hybridized carbons (Fsp3) is 0. The standard InChI is InChI=1S/C37H25NO/c39-37-35-20-8-7-18-33(35)34-19-9-10-21-36(34)38(37)32-17-11-16-28(25-32)31-23-29(26-12-3-1-4-13-26)22-30(24-31)27-14-5-2-6-15-27/h1-25H. The summed E-state index contributed by atoms with van der Waals surface area (Å²) < 4.78 is 1.85. The molecule has 1 aromatic heterocycles. The summed E-state index contributed by atoms with van der Waals surface area (Å²) in [5.74, 6) is 0. The Morgan fingerprint density at radius 3 is 1.49 bits per heavy atom. The van der Waals surface area contributed by atoms with Gasteiger partial charge in [-0.05, 0) is 81.2 Å². The number of para-hydroxylation sites is 1. The van der Waals surface area contributed by atoms with Crippen molar-refractivity contribution in [2.45, 2.75) is 0 Å². The zero-order valence-electron chi connectivity index (χ0n) is 21.3. The molecule has 0 amide bonds. The summed E-state index contributed by atoms with van der Waals surface area (Å²) in [5, 5.41) is 2.77. The Hall–Kier alpha value is -5.21. The second kappa shape index (κ2) is 9.59. The minimum absolute atomic E-state index is 0.00976. The first-order valence-electron chi connectivity index (χ1n) is 13.2. The van der Waals surface area contributed by atoms with E-state index in [1.165, 1.54) is 11.1 Å². The summed E-state index contributed by atoms with van der Waals surface area (Å²) >= 11 is 0. The lowest BCUT2D eigenvalue weighted by Crippen LogP contribution is -2.19. The van der Waals surface area contributed by atoms with Crippen LogP contribution in [0.15, 0.2) is 156 Å². The van der Waals surface area contributed by atoms with Crippen molar-refractivity contribution in [1.29, 1.82) is 0 Å². The number of nitrogens with zero attached hydrogens (tertiary/aromatic N) is 1. The predicted octanol–water partition coefficient (Wildman–Crippen LogP) is 9.14. The number of fused-ring (bicyclic) bond motifs is 3. The van der Waals surface area contributed by atoms with Gasteiger partial charge in [-0.25, -0.2) is 0 Å². The van der Waals surface area contributed by atoms with Gasteiger partial charge in [-0.3, -0.25) is 9.36 Å². The molecule has 7 rings (SSSR count).